The van der Waals surface area contributed by atoms with E-state index >= 15 is 0 Å². The van der Waals surface area contributed by atoms with E-state index in [0.717, 1.165) is 26.2 Å². The van der Waals surface area contributed by atoms with Gasteiger partial charge in [-0.2, -0.15) is 0 Å². The topological polar surface area (TPSA) is 79.6 Å². The van der Waals surface area contributed by atoms with Crippen LogP contribution in [0.15, 0.2) is 42.5 Å². The third-order valence-electron chi connectivity index (χ3n) is 4.70. The van der Waals surface area contributed by atoms with Crippen LogP contribution in [0.3, 0.4) is 0 Å². The molecule has 0 radical (unpaired) electrons. The van der Waals surface area contributed by atoms with Crippen LogP contribution in [0.25, 0.3) is 0 Å². The Balaban J connectivity index is 1.69. The number of anilines is 1. The Bertz CT molecular complexity index is 800. The monoisotopic (exact) mass is 402 g/mol. The van der Waals surface area contributed by atoms with Gasteiger partial charge in [0.2, 0.25) is 0 Å². The summed E-state index contributed by atoms with van der Waals surface area (Å²) in [6.45, 7) is 6.45. The van der Waals surface area contributed by atoms with Gasteiger partial charge in [0.15, 0.2) is 0 Å². The summed E-state index contributed by atoms with van der Waals surface area (Å²) in [5.74, 6) is 0.239. The van der Waals surface area contributed by atoms with E-state index in [-0.39, 0.29) is 11.9 Å². The highest BCUT2D eigenvalue weighted by atomic mass is 35.5. The Morgan fingerprint density at radius 2 is 2.14 bits per heavy atom. The maximum absolute atomic E-state index is 12.9. The van der Waals surface area contributed by atoms with Crippen LogP contribution in [0.5, 0.6) is 5.75 Å². The van der Waals surface area contributed by atoms with Crippen molar-refractivity contribution < 1.29 is 9.53 Å². The molecule has 0 saturated carbocycles. The maximum Gasteiger partial charge on any atom is 0.255 e. The first kappa shape index (κ1) is 20.5. The van der Waals surface area contributed by atoms with Crippen molar-refractivity contribution in [2.75, 3.05) is 38.5 Å². The molecular weight excluding hydrogens is 376 g/mol. The average Bonchev–Trinajstić information content (AvgIpc) is 2.90. The smallest absolute Gasteiger partial charge is 0.255 e. The van der Waals surface area contributed by atoms with Gasteiger partial charge in [-0.25, -0.2) is 0 Å². The van der Waals surface area contributed by atoms with Crippen molar-refractivity contribution in [2.45, 2.75) is 19.5 Å². The molecule has 1 aliphatic heterocycles. The van der Waals surface area contributed by atoms with Gasteiger partial charge in [0, 0.05) is 38.8 Å². The Labute approximate surface area is 171 Å². The van der Waals surface area contributed by atoms with Gasteiger partial charge >= 0.3 is 0 Å². The zero-order chi connectivity index (χ0) is 19.9. The van der Waals surface area contributed by atoms with Crippen molar-refractivity contribution in [3.05, 3.63) is 58.6 Å². The molecule has 0 aromatic heterocycles. The standard InChI is InChI=1S/C21H27ClN4O2/c1-2-28-20-11-19(23)18(22)10-17(20)21(27)25-16-12-24-8-9-26(14-16)13-15-6-4-3-5-7-15/h3-7,10-11,16,24H,2,8-9,12-14,23H2,1H3,(H,25,27). The Hall–Kier alpha value is -2.28. The lowest BCUT2D eigenvalue weighted by Gasteiger charge is -2.25. The molecule has 1 atom stereocenters. The molecule has 1 heterocycles. The fourth-order valence-electron chi connectivity index (χ4n) is 3.35. The third-order valence-corrected chi connectivity index (χ3v) is 5.03. The quantitative estimate of drug-likeness (QED) is 0.647. The number of nitrogens with zero attached hydrogens (tertiary/aromatic N) is 1. The predicted octanol–water partition coefficient (Wildman–Crippen LogP) is 2.52. The van der Waals surface area contributed by atoms with E-state index in [9.17, 15) is 4.79 Å². The molecule has 1 fully saturated rings. The van der Waals surface area contributed by atoms with Crippen LogP contribution in [0.1, 0.15) is 22.8 Å². The van der Waals surface area contributed by atoms with Crippen LogP contribution >= 0.6 is 11.6 Å². The summed E-state index contributed by atoms with van der Waals surface area (Å²) >= 11 is 6.13. The second kappa shape index (κ2) is 9.78. The maximum atomic E-state index is 12.9. The molecule has 0 spiro atoms. The second-order valence-corrected chi connectivity index (χ2v) is 7.31. The molecule has 0 aliphatic carbocycles. The Kier molecular flexibility index (Phi) is 7.14. The predicted molar refractivity (Wildman–Crippen MR) is 113 cm³/mol. The molecule has 3 rings (SSSR count). The van der Waals surface area contributed by atoms with E-state index in [4.69, 9.17) is 22.1 Å². The molecule has 4 N–H and O–H groups in total. The number of halogens is 1. The normalized spacial score (nSPS) is 17.7. The number of ether oxygens (including phenoxy) is 1. The van der Waals surface area contributed by atoms with Crippen molar-refractivity contribution in [3.8, 4) is 5.75 Å². The molecule has 2 aromatic carbocycles. The fraction of sp³-hybridized carbons (Fsp3) is 0.381. The SMILES string of the molecule is CCOc1cc(N)c(Cl)cc1C(=O)NC1CNCCN(Cc2ccccc2)C1. The number of carbonyl (C=O) groups excluding carboxylic acids is 1. The lowest BCUT2D eigenvalue weighted by molar-refractivity contribution is 0.0924. The zero-order valence-electron chi connectivity index (χ0n) is 16.1. The van der Waals surface area contributed by atoms with Crippen LogP contribution < -0.4 is 21.1 Å². The molecule has 2 aromatic rings. The van der Waals surface area contributed by atoms with E-state index in [1.165, 1.54) is 5.56 Å². The van der Waals surface area contributed by atoms with E-state index in [0.29, 0.717) is 35.2 Å². The molecule has 6 nitrogen and oxygen atoms in total. The summed E-state index contributed by atoms with van der Waals surface area (Å²) in [6, 6.07) is 13.5. The van der Waals surface area contributed by atoms with Crippen molar-refractivity contribution in [2.24, 2.45) is 0 Å². The number of amides is 1. The number of hydrogen-bond acceptors (Lipinski definition) is 5. The molecular formula is C21H27ClN4O2. The summed E-state index contributed by atoms with van der Waals surface area (Å²) in [6.07, 6.45) is 0. The number of benzene rings is 2. The van der Waals surface area contributed by atoms with Gasteiger partial charge in [-0.15, -0.1) is 0 Å². The van der Waals surface area contributed by atoms with Crippen molar-refractivity contribution >= 4 is 23.2 Å². The average molecular weight is 403 g/mol. The highest BCUT2D eigenvalue weighted by Gasteiger charge is 2.22. The van der Waals surface area contributed by atoms with Crippen LogP contribution in [0.2, 0.25) is 5.02 Å². The number of hydrogen-bond donors (Lipinski definition) is 3. The van der Waals surface area contributed by atoms with Gasteiger partial charge in [0.05, 0.1) is 28.9 Å². The van der Waals surface area contributed by atoms with E-state index in [1.807, 2.05) is 25.1 Å². The minimum Gasteiger partial charge on any atom is -0.493 e. The fourth-order valence-corrected chi connectivity index (χ4v) is 3.51. The van der Waals surface area contributed by atoms with Crippen LogP contribution in [-0.4, -0.2) is 49.6 Å². The van der Waals surface area contributed by atoms with E-state index < -0.39 is 0 Å². The van der Waals surface area contributed by atoms with Crippen molar-refractivity contribution in [1.29, 1.82) is 0 Å². The molecule has 28 heavy (non-hydrogen) atoms. The lowest BCUT2D eigenvalue weighted by Crippen LogP contribution is -2.46. The van der Waals surface area contributed by atoms with Gasteiger partial charge < -0.3 is 21.1 Å². The molecule has 1 amide bonds. The molecule has 1 aliphatic rings. The van der Waals surface area contributed by atoms with Crippen LogP contribution in [-0.2, 0) is 6.54 Å². The minimum atomic E-state index is -0.210. The van der Waals surface area contributed by atoms with Gasteiger partial charge in [-0.05, 0) is 18.6 Å². The first-order chi connectivity index (χ1) is 13.6. The van der Waals surface area contributed by atoms with Gasteiger partial charge in [0.1, 0.15) is 5.75 Å². The second-order valence-electron chi connectivity index (χ2n) is 6.90. The van der Waals surface area contributed by atoms with E-state index in [2.05, 4.69) is 27.7 Å². The highest BCUT2D eigenvalue weighted by Crippen LogP contribution is 2.29. The number of nitrogens with one attached hydrogen (secondary N) is 2. The number of nitrogen functional groups attached to an aromatic ring is 1. The molecule has 150 valence electrons. The summed E-state index contributed by atoms with van der Waals surface area (Å²) < 4.78 is 5.58. The van der Waals surface area contributed by atoms with Gasteiger partial charge in [0.25, 0.3) is 5.91 Å². The van der Waals surface area contributed by atoms with Crippen molar-refractivity contribution in [1.82, 2.24) is 15.5 Å². The number of carbonyl (C=O) groups is 1. The summed E-state index contributed by atoms with van der Waals surface area (Å²) in [7, 11) is 0. The first-order valence-corrected chi connectivity index (χ1v) is 9.94. The third kappa shape index (κ3) is 5.38. The van der Waals surface area contributed by atoms with Crippen LogP contribution in [0.4, 0.5) is 5.69 Å². The number of nitrogens with two attached hydrogens (primary N) is 1. The largest absolute Gasteiger partial charge is 0.493 e. The number of rotatable bonds is 6. The minimum absolute atomic E-state index is 0.0236. The Morgan fingerprint density at radius 1 is 1.36 bits per heavy atom. The summed E-state index contributed by atoms with van der Waals surface area (Å²) in [5.41, 5.74) is 7.92. The van der Waals surface area contributed by atoms with Gasteiger partial charge in [-0.1, -0.05) is 41.9 Å². The summed E-state index contributed by atoms with van der Waals surface area (Å²) in [5, 5.41) is 6.86. The highest BCUT2D eigenvalue weighted by molar-refractivity contribution is 6.33. The van der Waals surface area contributed by atoms with Gasteiger partial charge in [-0.3, -0.25) is 9.69 Å². The molecule has 1 unspecified atom stereocenters. The molecule has 1 saturated heterocycles. The molecule has 7 heteroatoms. The Morgan fingerprint density at radius 3 is 2.89 bits per heavy atom. The van der Waals surface area contributed by atoms with E-state index in [1.54, 1.807) is 12.1 Å². The summed E-state index contributed by atoms with van der Waals surface area (Å²) in [4.78, 5) is 15.3. The van der Waals surface area contributed by atoms with Crippen LogP contribution in [0, 0.1) is 0 Å². The first-order valence-electron chi connectivity index (χ1n) is 9.56. The molecule has 0 bridgehead atoms. The zero-order valence-corrected chi connectivity index (χ0v) is 16.8. The lowest BCUT2D eigenvalue weighted by atomic mass is 10.1. The van der Waals surface area contributed by atoms with Crippen molar-refractivity contribution in [3.63, 3.8) is 0 Å².